The smallest absolute Gasteiger partial charge is 0.240 e. The number of nitrogens with one attached hydrogen (secondary N) is 1. The van der Waals surface area contributed by atoms with E-state index in [0.29, 0.717) is 30.3 Å². The van der Waals surface area contributed by atoms with Crippen molar-refractivity contribution in [3.05, 3.63) is 59.8 Å². The molecule has 0 amide bonds. The van der Waals surface area contributed by atoms with E-state index in [0.717, 1.165) is 16.9 Å². The van der Waals surface area contributed by atoms with Gasteiger partial charge in [-0.25, -0.2) is 13.1 Å². The Hall–Kier alpha value is -2.84. The minimum atomic E-state index is -3.70. The summed E-state index contributed by atoms with van der Waals surface area (Å²) in [4.78, 5) is 0.139. The Kier molecular flexibility index (Phi) is 4.59. The highest BCUT2D eigenvalue weighted by Gasteiger charge is 2.24. The molecule has 1 aromatic heterocycles. The molecular formula is C19H18N2O5S. The van der Waals surface area contributed by atoms with E-state index in [-0.39, 0.29) is 11.4 Å². The molecular weight excluding hydrogens is 368 g/mol. The fourth-order valence-electron chi connectivity index (χ4n) is 2.85. The lowest BCUT2D eigenvalue weighted by Crippen LogP contribution is -2.23. The maximum Gasteiger partial charge on any atom is 0.240 e. The van der Waals surface area contributed by atoms with Gasteiger partial charge in [-0.3, -0.25) is 0 Å². The summed E-state index contributed by atoms with van der Waals surface area (Å²) in [5.74, 6) is 1.87. The zero-order valence-electron chi connectivity index (χ0n) is 14.6. The van der Waals surface area contributed by atoms with Crippen LogP contribution in [0.1, 0.15) is 18.1 Å². The summed E-state index contributed by atoms with van der Waals surface area (Å²) in [7, 11) is -3.70. The third-order valence-corrected chi connectivity index (χ3v) is 5.63. The zero-order chi connectivity index (χ0) is 18.9. The number of benzene rings is 2. The number of nitrogens with zero attached hydrogens (tertiary/aromatic N) is 1. The molecule has 27 heavy (non-hydrogen) atoms. The van der Waals surface area contributed by atoms with Gasteiger partial charge in [0.2, 0.25) is 10.0 Å². The Morgan fingerprint density at radius 1 is 1.19 bits per heavy atom. The van der Waals surface area contributed by atoms with Gasteiger partial charge in [-0.15, -0.1) is 0 Å². The van der Waals surface area contributed by atoms with E-state index in [1.807, 2.05) is 31.2 Å². The molecule has 0 saturated carbocycles. The molecule has 0 fully saturated rings. The molecule has 1 N–H and O–H groups in total. The van der Waals surface area contributed by atoms with E-state index in [9.17, 15) is 8.42 Å². The molecule has 0 aliphatic carbocycles. The van der Waals surface area contributed by atoms with Crippen molar-refractivity contribution in [2.45, 2.75) is 25.0 Å². The number of sulfonamides is 1. The van der Waals surface area contributed by atoms with Crippen LogP contribution in [0, 0.1) is 0 Å². The van der Waals surface area contributed by atoms with E-state index in [1.54, 1.807) is 18.3 Å². The molecule has 7 nitrogen and oxygen atoms in total. The first-order valence-corrected chi connectivity index (χ1v) is 9.97. The van der Waals surface area contributed by atoms with Gasteiger partial charge in [-0.05, 0) is 42.8 Å². The monoisotopic (exact) mass is 386 g/mol. The summed E-state index contributed by atoms with van der Waals surface area (Å²) in [5, 5.41) is 3.76. The normalized spacial score (nSPS) is 12.8. The number of ether oxygens (including phenoxy) is 2. The van der Waals surface area contributed by atoms with Gasteiger partial charge in [0.25, 0.3) is 0 Å². The summed E-state index contributed by atoms with van der Waals surface area (Å²) >= 11 is 0. The highest BCUT2D eigenvalue weighted by molar-refractivity contribution is 7.89. The molecule has 2 aromatic carbocycles. The summed E-state index contributed by atoms with van der Waals surface area (Å²) in [6.45, 7) is 3.03. The van der Waals surface area contributed by atoms with Crippen LogP contribution in [0.5, 0.6) is 11.5 Å². The molecule has 0 radical (unpaired) electrons. The van der Waals surface area contributed by atoms with Crippen LogP contribution >= 0.6 is 0 Å². The summed E-state index contributed by atoms with van der Waals surface area (Å²) in [6.07, 6.45) is 1.57. The maximum absolute atomic E-state index is 12.7. The number of fused-ring (bicyclic) bond motifs is 3. The minimum absolute atomic E-state index is 0.139. The van der Waals surface area contributed by atoms with Crippen LogP contribution in [0.4, 0.5) is 0 Å². The SMILES string of the molecule is CCOc1ccc(CNS(=O)(=O)c2ccc3c(c2)-c2oncc2CO3)cc1. The van der Waals surface area contributed by atoms with Crippen molar-refractivity contribution in [3.63, 3.8) is 0 Å². The molecule has 0 bridgehead atoms. The van der Waals surface area contributed by atoms with Crippen LogP contribution in [0.25, 0.3) is 11.3 Å². The lowest BCUT2D eigenvalue weighted by molar-refractivity contribution is 0.297. The van der Waals surface area contributed by atoms with Crippen LogP contribution in [0.15, 0.2) is 58.1 Å². The van der Waals surface area contributed by atoms with Gasteiger partial charge in [0.15, 0.2) is 5.76 Å². The van der Waals surface area contributed by atoms with Crippen LogP contribution in [0.3, 0.4) is 0 Å². The van der Waals surface area contributed by atoms with Gasteiger partial charge in [-0.2, -0.15) is 0 Å². The fourth-order valence-corrected chi connectivity index (χ4v) is 3.90. The quantitative estimate of drug-likeness (QED) is 0.700. The van der Waals surface area contributed by atoms with Crippen LogP contribution in [0.2, 0.25) is 0 Å². The summed E-state index contributed by atoms with van der Waals surface area (Å²) in [6, 6.07) is 12.0. The molecule has 0 saturated heterocycles. The molecule has 0 atom stereocenters. The van der Waals surface area contributed by atoms with Gasteiger partial charge >= 0.3 is 0 Å². The number of hydrogen-bond acceptors (Lipinski definition) is 6. The molecule has 3 aromatic rings. The second-order valence-corrected chi connectivity index (χ2v) is 7.80. The number of rotatable bonds is 6. The average Bonchev–Trinajstić information content (AvgIpc) is 3.17. The first-order chi connectivity index (χ1) is 13.1. The van der Waals surface area contributed by atoms with E-state index in [2.05, 4.69) is 9.88 Å². The van der Waals surface area contributed by atoms with Crippen molar-refractivity contribution in [1.82, 2.24) is 9.88 Å². The van der Waals surface area contributed by atoms with Crippen molar-refractivity contribution >= 4 is 10.0 Å². The average molecular weight is 386 g/mol. The lowest BCUT2D eigenvalue weighted by Gasteiger charge is -2.16. The third-order valence-electron chi connectivity index (χ3n) is 4.23. The van der Waals surface area contributed by atoms with Crippen LogP contribution < -0.4 is 14.2 Å². The predicted octanol–water partition coefficient (Wildman–Crippen LogP) is 3.11. The Balaban J connectivity index is 1.53. The highest BCUT2D eigenvalue weighted by Crippen LogP contribution is 2.38. The first-order valence-electron chi connectivity index (χ1n) is 8.49. The van der Waals surface area contributed by atoms with E-state index < -0.39 is 10.0 Å². The molecule has 1 aliphatic heterocycles. The lowest BCUT2D eigenvalue weighted by atomic mass is 10.1. The molecule has 1 aliphatic rings. The van der Waals surface area contributed by atoms with Crippen molar-refractivity contribution in [2.75, 3.05) is 6.61 Å². The molecule has 8 heteroatoms. The molecule has 140 valence electrons. The Bertz CT molecular complexity index is 1060. The molecule has 2 heterocycles. The second-order valence-electron chi connectivity index (χ2n) is 6.03. The topological polar surface area (TPSA) is 90.7 Å². The van der Waals surface area contributed by atoms with Gasteiger partial charge in [0.1, 0.15) is 18.1 Å². The van der Waals surface area contributed by atoms with Gasteiger partial charge in [0.05, 0.1) is 28.8 Å². The van der Waals surface area contributed by atoms with Crippen molar-refractivity contribution in [2.24, 2.45) is 0 Å². The van der Waals surface area contributed by atoms with E-state index >= 15 is 0 Å². The zero-order valence-corrected chi connectivity index (χ0v) is 15.5. The third kappa shape index (κ3) is 3.54. The second kappa shape index (κ2) is 7.05. The van der Waals surface area contributed by atoms with Crippen LogP contribution in [-0.2, 0) is 23.2 Å². The number of aromatic nitrogens is 1. The van der Waals surface area contributed by atoms with E-state index in [4.69, 9.17) is 14.0 Å². The first kappa shape index (κ1) is 17.6. The van der Waals surface area contributed by atoms with Crippen LogP contribution in [-0.4, -0.2) is 20.2 Å². The molecule has 4 rings (SSSR count). The minimum Gasteiger partial charge on any atom is -0.494 e. The standard InChI is InChI=1S/C19H18N2O5S/c1-2-24-15-5-3-13(4-6-15)10-21-27(22,23)16-7-8-18-17(9-16)19-14(12-25-18)11-20-26-19/h3-9,11,21H,2,10,12H2,1H3. The Labute approximate surface area is 157 Å². The van der Waals surface area contributed by atoms with Crippen molar-refractivity contribution < 1.29 is 22.4 Å². The largest absolute Gasteiger partial charge is 0.494 e. The van der Waals surface area contributed by atoms with Crippen molar-refractivity contribution in [1.29, 1.82) is 0 Å². The van der Waals surface area contributed by atoms with E-state index in [1.165, 1.54) is 6.07 Å². The van der Waals surface area contributed by atoms with Gasteiger partial charge in [0, 0.05) is 6.54 Å². The van der Waals surface area contributed by atoms with Gasteiger partial charge < -0.3 is 14.0 Å². The summed E-state index contributed by atoms with van der Waals surface area (Å²) in [5.41, 5.74) is 2.21. The van der Waals surface area contributed by atoms with Crippen molar-refractivity contribution in [3.8, 4) is 22.8 Å². The van der Waals surface area contributed by atoms with Gasteiger partial charge in [-0.1, -0.05) is 17.3 Å². The highest BCUT2D eigenvalue weighted by atomic mass is 32.2. The number of hydrogen-bond donors (Lipinski definition) is 1. The summed E-state index contributed by atoms with van der Waals surface area (Å²) < 4.78 is 44.2. The molecule has 0 spiro atoms. The Morgan fingerprint density at radius 2 is 2.00 bits per heavy atom. The maximum atomic E-state index is 12.7. The predicted molar refractivity (Wildman–Crippen MR) is 97.9 cm³/mol. The fraction of sp³-hybridized carbons (Fsp3) is 0.211. The molecule has 0 unspecified atom stereocenters. The Morgan fingerprint density at radius 3 is 2.78 bits per heavy atom.